The van der Waals surface area contributed by atoms with Crippen molar-refractivity contribution < 1.29 is 28.7 Å². The molecule has 0 fully saturated rings. The molecule has 3 aromatic carbocycles. The van der Waals surface area contributed by atoms with Crippen molar-refractivity contribution in [2.75, 3.05) is 26.2 Å². The number of nitro benzene ring substituents is 1. The molecule has 0 radical (unpaired) electrons. The van der Waals surface area contributed by atoms with E-state index in [1.165, 1.54) is 43.4 Å². The summed E-state index contributed by atoms with van der Waals surface area (Å²) < 4.78 is 15.0. The minimum atomic E-state index is -0.638. The van der Waals surface area contributed by atoms with Crippen LogP contribution in [0.1, 0.15) is 5.56 Å². The van der Waals surface area contributed by atoms with Crippen LogP contribution in [0.5, 0.6) is 5.75 Å². The van der Waals surface area contributed by atoms with Gasteiger partial charge in [-0.1, -0.05) is 36.4 Å². The van der Waals surface area contributed by atoms with E-state index in [-0.39, 0.29) is 17.2 Å². The minimum absolute atomic E-state index is 0.0883. The second kappa shape index (κ2) is 10.8. The van der Waals surface area contributed by atoms with Crippen LogP contribution in [0.3, 0.4) is 0 Å². The van der Waals surface area contributed by atoms with Gasteiger partial charge in [0, 0.05) is 24.9 Å². The second-order valence-electron chi connectivity index (χ2n) is 7.05. The van der Waals surface area contributed by atoms with Crippen molar-refractivity contribution in [1.82, 2.24) is 0 Å². The third-order valence-electron chi connectivity index (χ3n) is 4.91. The first kappa shape index (κ1) is 24.0. The summed E-state index contributed by atoms with van der Waals surface area (Å²) in [6.07, 6.45) is 0.940. The smallest absolute Gasteiger partial charge is 0.419 e. The normalized spacial score (nSPS) is 10.9. The van der Waals surface area contributed by atoms with E-state index in [9.17, 15) is 19.7 Å². The third-order valence-corrected chi connectivity index (χ3v) is 4.91. The Morgan fingerprint density at radius 1 is 0.912 bits per heavy atom. The Hall–Kier alpha value is -4.66. The Bertz CT molecular complexity index is 1220. The maximum atomic E-state index is 12.5. The lowest BCUT2D eigenvalue weighted by molar-refractivity contribution is -0.384. The SMILES string of the molecule is COC(=O)C(=Cc1ccc(-c2cccc(N(C)C(=O)Oc3ccc([N+](=O)[O-])cc3)c2)cc1)OC. The number of amides is 1. The monoisotopic (exact) mass is 462 g/mol. The Morgan fingerprint density at radius 3 is 2.18 bits per heavy atom. The van der Waals surface area contributed by atoms with Crippen molar-refractivity contribution in [3.8, 4) is 16.9 Å². The van der Waals surface area contributed by atoms with E-state index >= 15 is 0 Å². The van der Waals surface area contributed by atoms with Gasteiger partial charge in [0.05, 0.1) is 19.1 Å². The summed E-state index contributed by atoms with van der Waals surface area (Å²) in [6, 6.07) is 20.0. The highest BCUT2D eigenvalue weighted by molar-refractivity contribution is 5.91. The molecule has 3 rings (SSSR count). The average molecular weight is 462 g/mol. The molecule has 34 heavy (non-hydrogen) atoms. The molecule has 0 saturated heterocycles. The zero-order valence-electron chi connectivity index (χ0n) is 18.8. The molecule has 0 unspecified atom stereocenters. The number of nitro groups is 1. The van der Waals surface area contributed by atoms with Gasteiger partial charge in [-0.2, -0.15) is 0 Å². The Balaban J connectivity index is 1.74. The molecule has 0 heterocycles. The van der Waals surface area contributed by atoms with Crippen molar-refractivity contribution in [3.63, 3.8) is 0 Å². The predicted molar refractivity (Wildman–Crippen MR) is 126 cm³/mol. The van der Waals surface area contributed by atoms with Crippen molar-refractivity contribution >= 4 is 29.5 Å². The van der Waals surface area contributed by atoms with E-state index in [2.05, 4.69) is 4.74 Å². The van der Waals surface area contributed by atoms with E-state index < -0.39 is 17.0 Å². The van der Waals surface area contributed by atoms with Crippen LogP contribution in [-0.2, 0) is 14.3 Å². The number of esters is 1. The molecule has 0 bridgehead atoms. The minimum Gasteiger partial charge on any atom is -0.490 e. The average Bonchev–Trinajstić information content (AvgIpc) is 2.87. The van der Waals surface area contributed by atoms with Crippen molar-refractivity contribution in [2.24, 2.45) is 0 Å². The molecule has 0 aliphatic heterocycles. The standard InChI is InChI=1S/C25H22N2O7/c1-26(25(29)34-22-13-11-20(12-14-22)27(30)31)21-6-4-5-19(16-21)18-9-7-17(8-10-18)15-23(32-2)24(28)33-3/h4-16H,1-3H3. The number of carbonyl (C=O) groups is 2. The van der Waals surface area contributed by atoms with Gasteiger partial charge in [0.25, 0.3) is 5.69 Å². The maximum Gasteiger partial charge on any atom is 0.419 e. The molecule has 0 N–H and O–H groups in total. The third kappa shape index (κ3) is 5.77. The molecule has 1 amide bonds. The summed E-state index contributed by atoms with van der Waals surface area (Å²) in [5, 5.41) is 10.8. The van der Waals surface area contributed by atoms with Crippen LogP contribution in [-0.4, -0.2) is 38.3 Å². The summed E-state index contributed by atoms with van der Waals surface area (Å²) in [6.45, 7) is 0. The van der Waals surface area contributed by atoms with Gasteiger partial charge in [0.1, 0.15) is 5.75 Å². The lowest BCUT2D eigenvalue weighted by Crippen LogP contribution is -2.29. The van der Waals surface area contributed by atoms with Gasteiger partial charge in [0.2, 0.25) is 5.76 Å². The number of nitrogens with zero attached hydrogens (tertiary/aromatic N) is 2. The van der Waals surface area contributed by atoms with Crippen LogP contribution >= 0.6 is 0 Å². The molecule has 0 aliphatic rings. The Morgan fingerprint density at radius 2 is 1.59 bits per heavy atom. The molecule has 9 nitrogen and oxygen atoms in total. The van der Waals surface area contributed by atoms with Crippen LogP contribution < -0.4 is 9.64 Å². The van der Waals surface area contributed by atoms with E-state index in [1.807, 2.05) is 42.5 Å². The number of non-ortho nitro benzene ring substituents is 1. The first-order valence-corrected chi connectivity index (χ1v) is 10.1. The van der Waals surface area contributed by atoms with Crippen molar-refractivity contribution in [1.29, 1.82) is 0 Å². The first-order chi connectivity index (χ1) is 16.3. The highest BCUT2D eigenvalue weighted by atomic mass is 16.6. The molecular weight excluding hydrogens is 440 g/mol. The quantitative estimate of drug-likeness (QED) is 0.159. The fraction of sp³-hybridized carbons (Fsp3) is 0.120. The van der Waals surface area contributed by atoms with E-state index in [0.29, 0.717) is 5.69 Å². The summed E-state index contributed by atoms with van der Waals surface area (Å²) in [5.74, 6) is -0.280. The van der Waals surface area contributed by atoms with Crippen LogP contribution in [0.25, 0.3) is 17.2 Å². The molecule has 0 atom stereocenters. The van der Waals surface area contributed by atoms with Gasteiger partial charge in [-0.05, 0) is 47.0 Å². The fourth-order valence-electron chi connectivity index (χ4n) is 3.03. The molecule has 0 spiro atoms. The predicted octanol–water partition coefficient (Wildman–Crippen LogP) is 5.06. The first-order valence-electron chi connectivity index (χ1n) is 10.1. The van der Waals surface area contributed by atoms with Crippen molar-refractivity contribution in [2.45, 2.75) is 0 Å². The highest BCUT2D eigenvalue weighted by Crippen LogP contribution is 2.26. The molecule has 0 aliphatic carbocycles. The van der Waals surface area contributed by atoms with E-state index in [4.69, 9.17) is 9.47 Å². The number of carbonyl (C=O) groups excluding carboxylic acids is 2. The van der Waals surface area contributed by atoms with Crippen LogP contribution in [0.15, 0.2) is 78.6 Å². The number of rotatable bonds is 7. The number of anilines is 1. The van der Waals surface area contributed by atoms with Gasteiger partial charge in [-0.15, -0.1) is 0 Å². The zero-order valence-corrected chi connectivity index (χ0v) is 18.8. The van der Waals surface area contributed by atoms with E-state index in [1.54, 1.807) is 19.2 Å². The van der Waals surface area contributed by atoms with Gasteiger partial charge in [-0.3, -0.25) is 15.0 Å². The summed E-state index contributed by atoms with van der Waals surface area (Å²) in [7, 11) is 4.25. The largest absolute Gasteiger partial charge is 0.490 e. The van der Waals surface area contributed by atoms with Crippen LogP contribution in [0, 0.1) is 10.1 Å². The fourth-order valence-corrected chi connectivity index (χ4v) is 3.03. The number of benzene rings is 3. The Labute approximate surface area is 195 Å². The number of methoxy groups -OCH3 is 2. The van der Waals surface area contributed by atoms with Crippen LogP contribution in [0.2, 0.25) is 0 Å². The summed E-state index contributed by atoms with van der Waals surface area (Å²) in [4.78, 5) is 35.8. The highest BCUT2D eigenvalue weighted by Gasteiger charge is 2.15. The van der Waals surface area contributed by atoms with Gasteiger partial charge >= 0.3 is 12.1 Å². The van der Waals surface area contributed by atoms with E-state index in [0.717, 1.165) is 16.7 Å². The van der Waals surface area contributed by atoms with Crippen LogP contribution in [0.4, 0.5) is 16.2 Å². The van der Waals surface area contributed by atoms with Gasteiger partial charge in [-0.25, -0.2) is 9.59 Å². The summed E-state index contributed by atoms with van der Waals surface area (Å²) in [5.41, 5.74) is 3.02. The molecule has 0 aromatic heterocycles. The van der Waals surface area contributed by atoms with Gasteiger partial charge in [0.15, 0.2) is 0 Å². The Kier molecular flexibility index (Phi) is 7.60. The molecule has 174 valence electrons. The number of hydrogen-bond acceptors (Lipinski definition) is 7. The lowest BCUT2D eigenvalue weighted by Gasteiger charge is -2.18. The second-order valence-corrected chi connectivity index (χ2v) is 7.05. The topological polar surface area (TPSA) is 108 Å². The number of ether oxygens (including phenoxy) is 3. The lowest BCUT2D eigenvalue weighted by atomic mass is 10.0. The number of hydrogen-bond donors (Lipinski definition) is 0. The maximum absolute atomic E-state index is 12.5. The molecule has 9 heteroatoms. The summed E-state index contributed by atoms with van der Waals surface area (Å²) >= 11 is 0. The van der Waals surface area contributed by atoms with Gasteiger partial charge < -0.3 is 14.2 Å². The van der Waals surface area contributed by atoms with Crippen molar-refractivity contribution in [3.05, 3.63) is 94.2 Å². The molecular formula is C25H22N2O7. The zero-order chi connectivity index (χ0) is 24.7. The molecule has 3 aromatic rings. The molecule has 0 saturated carbocycles.